The Morgan fingerprint density at radius 3 is 2.12 bits per heavy atom. The Kier molecular flexibility index (Phi) is 6.03. The van der Waals surface area contributed by atoms with Gasteiger partial charge >= 0.3 is 0 Å². The third-order valence-electron chi connectivity index (χ3n) is 3.22. The summed E-state index contributed by atoms with van der Waals surface area (Å²) in [6.45, 7) is 0. The fourth-order valence-electron chi connectivity index (χ4n) is 1.98. The summed E-state index contributed by atoms with van der Waals surface area (Å²) in [6.07, 6.45) is 1.45. The minimum Gasteiger partial charge on any atom is -0.496 e. The van der Waals surface area contributed by atoms with E-state index in [0.29, 0.717) is 33.4 Å². The van der Waals surface area contributed by atoms with E-state index in [1.54, 1.807) is 43.5 Å². The van der Waals surface area contributed by atoms with E-state index in [1.165, 1.54) is 20.4 Å². The van der Waals surface area contributed by atoms with E-state index in [9.17, 15) is 4.79 Å². The van der Waals surface area contributed by atoms with Gasteiger partial charge in [0.05, 0.1) is 33.1 Å². The molecule has 6 nitrogen and oxygen atoms in total. The summed E-state index contributed by atoms with van der Waals surface area (Å²) in [5.41, 5.74) is 3.47. The van der Waals surface area contributed by atoms with E-state index < -0.39 is 0 Å². The summed E-state index contributed by atoms with van der Waals surface area (Å²) in [5.74, 6) is 1.26. The minimum absolute atomic E-state index is 0.352. The molecule has 0 unspecified atom stereocenters. The van der Waals surface area contributed by atoms with Gasteiger partial charge in [-0.05, 0) is 24.3 Å². The zero-order chi connectivity index (χ0) is 17.5. The fourth-order valence-corrected chi connectivity index (χ4v) is 2.11. The molecule has 0 aliphatic heterocycles. The van der Waals surface area contributed by atoms with Crippen LogP contribution in [0.15, 0.2) is 41.5 Å². The number of rotatable bonds is 6. The molecular formula is C17H17ClN2O4. The Hall–Kier alpha value is -2.73. The number of hydrazone groups is 1. The molecule has 0 saturated carbocycles. The first-order valence-corrected chi connectivity index (χ1v) is 7.35. The first-order valence-electron chi connectivity index (χ1n) is 6.98. The van der Waals surface area contributed by atoms with E-state index in [-0.39, 0.29) is 5.91 Å². The smallest absolute Gasteiger partial charge is 0.271 e. The molecule has 0 saturated heterocycles. The van der Waals surface area contributed by atoms with Gasteiger partial charge in [0.1, 0.15) is 17.2 Å². The van der Waals surface area contributed by atoms with Crippen molar-refractivity contribution in [2.24, 2.45) is 5.10 Å². The maximum Gasteiger partial charge on any atom is 0.271 e. The highest BCUT2D eigenvalue weighted by molar-refractivity contribution is 6.30. The zero-order valence-electron chi connectivity index (χ0n) is 13.5. The third kappa shape index (κ3) is 4.17. The van der Waals surface area contributed by atoms with Gasteiger partial charge in [-0.15, -0.1) is 0 Å². The summed E-state index contributed by atoms with van der Waals surface area (Å²) in [7, 11) is 4.60. The van der Waals surface area contributed by atoms with Crippen LogP contribution < -0.4 is 19.6 Å². The van der Waals surface area contributed by atoms with Gasteiger partial charge in [0.25, 0.3) is 5.91 Å². The van der Waals surface area contributed by atoms with Crippen LogP contribution >= 0.6 is 11.6 Å². The van der Waals surface area contributed by atoms with Gasteiger partial charge < -0.3 is 14.2 Å². The molecule has 0 aliphatic carbocycles. The van der Waals surface area contributed by atoms with Gasteiger partial charge in [-0.25, -0.2) is 5.43 Å². The third-order valence-corrected chi connectivity index (χ3v) is 3.47. The van der Waals surface area contributed by atoms with Crippen molar-refractivity contribution in [1.82, 2.24) is 5.43 Å². The number of hydrogen-bond donors (Lipinski definition) is 1. The second kappa shape index (κ2) is 8.21. The number of methoxy groups -OCH3 is 3. The molecule has 2 aromatic rings. The molecule has 24 heavy (non-hydrogen) atoms. The Balaban J connectivity index is 2.19. The van der Waals surface area contributed by atoms with Gasteiger partial charge in [-0.2, -0.15) is 5.10 Å². The molecule has 7 heteroatoms. The molecule has 2 rings (SSSR count). The van der Waals surface area contributed by atoms with Crippen LogP contribution in [-0.2, 0) is 0 Å². The second-order valence-electron chi connectivity index (χ2n) is 4.65. The molecule has 1 amide bonds. The molecular weight excluding hydrogens is 332 g/mol. The van der Waals surface area contributed by atoms with E-state index in [2.05, 4.69) is 10.5 Å². The zero-order valence-corrected chi connectivity index (χ0v) is 14.3. The van der Waals surface area contributed by atoms with Crippen LogP contribution in [0.4, 0.5) is 0 Å². The summed E-state index contributed by atoms with van der Waals surface area (Å²) < 4.78 is 15.8. The largest absolute Gasteiger partial charge is 0.496 e. The van der Waals surface area contributed by atoms with Gasteiger partial charge in [0.15, 0.2) is 0 Å². The van der Waals surface area contributed by atoms with Crippen LogP contribution in [0, 0.1) is 0 Å². The van der Waals surface area contributed by atoms with Crippen molar-refractivity contribution >= 4 is 23.7 Å². The summed E-state index contributed by atoms with van der Waals surface area (Å²) in [5, 5.41) is 4.51. The van der Waals surface area contributed by atoms with E-state index in [0.717, 1.165) is 0 Å². The Bertz CT molecular complexity index is 720. The minimum atomic E-state index is -0.352. The lowest BCUT2D eigenvalue weighted by atomic mass is 10.2. The lowest BCUT2D eigenvalue weighted by molar-refractivity contribution is 0.0955. The number of carbonyl (C=O) groups excluding carboxylic acids is 1. The lowest BCUT2D eigenvalue weighted by Crippen LogP contribution is -2.17. The first kappa shape index (κ1) is 17.6. The number of benzene rings is 2. The predicted molar refractivity (Wildman–Crippen MR) is 92.6 cm³/mol. The fraction of sp³-hybridized carbons (Fsp3) is 0.176. The first-order chi connectivity index (χ1) is 11.6. The maximum atomic E-state index is 12.0. The predicted octanol–water partition coefficient (Wildman–Crippen LogP) is 3.13. The van der Waals surface area contributed by atoms with Gasteiger partial charge in [0.2, 0.25) is 0 Å². The van der Waals surface area contributed by atoms with Crippen molar-refractivity contribution in [2.75, 3.05) is 21.3 Å². The lowest BCUT2D eigenvalue weighted by Gasteiger charge is -2.12. The molecule has 0 fully saturated rings. The number of carbonyl (C=O) groups is 1. The van der Waals surface area contributed by atoms with Crippen molar-refractivity contribution in [1.29, 1.82) is 0 Å². The number of hydrogen-bond acceptors (Lipinski definition) is 5. The highest BCUT2D eigenvalue weighted by Crippen LogP contribution is 2.32. The highest BCUT2D eigenvalue weighted by Gasteiger charge is 2.11. The average molecular weight is 349 g/mol. The van der Waals surface area contributed by atoms with Crippen molar-refractivity contribution in [3.63, 3.8) is 0 Å². The highest BCUT2D eigenvalue weighted by atomic mass is 35.5. The van der Waals surface area contributed by atoms with Crippen molar-refractivity contribution in [3.8, 4) is 17.2 Å². The van der Waals surface area contributed by atoms with E-state index >= 15 is 0 Å². The molecule has 0 radical (unpaired) electrons. The quantitative estimate of drug-likeness (QED) is 0.643. The van der Waals surface area contributed by atoms with E-state index in [4.69, 9.17) is 25.8 Å². The van der Waals surface area contributed by atoms with Crippen molar-refractivity contribution < 1.29 is 19.0 Å². The molecule has 1 N–H and O–H groups in total. The van der Waals surface area contributed by atoms with Crippen LogP contribution in [0.3, 0.4) is 0 Å². The Labute approximate surface area is 145 Å². The molecule has 0 heterocycles. The standard InChI is InChI=1S/C17H17ClN2O4/c1-22-13-8-15(23-2)14(16(9-13)24-3)10-19-20-17(21)11-4-6-12(18)7-5-11/h4-10H,1-3H3,(H,20,21). The molecule has 126 valence electrons. The van der Waals surface area contributed by atoms with Crippen LogP contribution in [-0.4, -0.2) is 33.5 Å². The number of nitrogens with zero attached hydrogens (tertiary/aromatic N) is 1. The summed E-state index contributed by atoms with van der Waals surface area (Å²) in [6, 6.07) is 9.89. The SMILES string of the molecule is COc1cc(OC)c(C=NNC(=O)c2ccc(Cl)cc2)c(OC)c1. The normalized spacial score (nSPS) is 10.5. The van der Waals surface area contributed by atoms with Gasteiger partial charge in [0, 0.05) is 22.7 Å². The Morgan fingerprint density at radius 1 is 1.04 bits per heavy atom. The van der Waals surface area contributed by atoms with Crippen LogP contribution in [0.25, 0.3) is 0 Å². The number of halogens is 1. The topological polar surface area (TPSA) is 69.2 Å². The van der Waals surface area contributed by atoms with E-state index in [1.807, 2.05) is 0 Å². The number of nitrogens with one attached hydrogen (secondary N) is 1. The molecule has 0 aliphatic rings. The Morgan fingerprint density at radius 2 is 1.62 bits per heavy atom. The molecule has 0 aromatic heterocycles. The van der Waals surface area contributed by atoms with Crippen LogP contribution in [0.1, 0.15) is 15.9 Å². The maximum absolute atomic E-state index is 12.0. The molecule has 0 bridgehead atoms. The van der Waals surface area contributed by atoms with Crippen molar-refractivity contribution in [3.05, 3.63) is 52.5 Å². The van der Waals surface area contributed by atoms with Crippen molar-refractivity contribution in [2.45, 2.75) is 0 Å². The summed E-state index contributed by atoms with van der Waals surface area (Å²) in [4.78, 5) is 12.0. The summed E-state index contributed by atoms with van der Waals surface area (Å²) >= 11 is 5.79. The van der Waals surface area contributed by atoms with Gasteiger partial charge in [-0.3, -0.25) is 4.79 Å². The average Bonchev–Trinajstić information content (AvgIpc) is 2.61. The molecule has 0 spiro atoms. The monoisotopic (exact) mass is 348 g/mol. The number of amides is 1. The second-order valence-corrected chi connectivity index (χ2v) is 5.09. The number of ether oxygens (including phenoxy) is 3. The van der Waals surface area contributed by atoms with Crippen LogP contribution in [0.5, 0.6) is 17.2 Å². The molecule has 2 aromatic carbocycles. The van der Waals surface area contributed by atoms with Crippen LogP contribution in [0.2, 0.25) is 5.02 Å². The molecule has 0 atom stereocenters. The van der Waals surface area contributed by atoms with Gasteiger partial charge in [-0.1, -0.05) is 11.6 Å².